The van der Waals surface area contributed by atoms with Gasteiger partial charge < -0.3 is 14.6 Å². The lowest BCUT2D eigenvalue weighted by Gasteiger charge is -2.19. The van der Waals surface area contributed by atoms with Crippen molar-refractivity contribution in [2.45, 2.75) is 19.9 Å². The van der Waals surface area contributed by atoms with Crippen LogP contribution >= 0.6 is 0 Å². The van der Waals surface area contributed by atoms with Crippen molar-refractivity contribution in [3.05, 3.63) is 66.6 Å². The first-order chi connectivity index (χ1) is 11.1. The van der Waals surface area contributed by atoms with E-state index in [4.69, 9.17) is 4.42 Å². The molecule has 5 nitrogen and oxygen atoms in total. The molecular weight excluding hydrogens is 292 g/mol. The zero-order valence-corrected chi connectivity index (χ0v) is 13.1. The first-order valence-corrected chi connectivity index (χ1v) is 7.36. The van der Waals surface area contributed by atoms with Gasteiger partial charge in [0.25, 0.3) is 0 Å². The van der Waals surface area contributed by atoms with Crippen molar-refractivity contribution in [1.29, 1.82) is 0 Å². The second kappa shape index (κ2) is 7.98. The quantitative estimate of drug-likeness (QED) is 0.631. The summed E-state index contributed by atoms with van der Waals surface area (Å²) in [5.41, 5.74) is 1.67. The van der Waals surface area contributed by atoms with Crippen LogP contribution in [0, 0.1) is 6.92 Å². The minimum Gasteiger partial charge on any atom is -0.467 e. The highest BCUT2D eigenvalue weighted by Crippen LogP contribution is 2.14. The number of hydrogen-bond acceptors (Lipinski definition) is 3. The molecule has 0 atom stereocenters. The van der Waals surface area contributed by atoms with Crippen LogP contribution in [0.25, 0.3) is 0 Å². The second-order valence-electron chi connectivity index (χ2n) is 5.18. The van der Waals surface area contributed by atoms with Gasteiger partial charge in [-0.3, -0.25) is 9.59 Å². The third kappa shape index (κ3) is 4.85. The van der Waals surface area contributed by atoms with Gasteiger partial charge in [0.15, 0.2) is 0 Å². The van der Waals surface area contributed by atoms with E-state index >= 15 is 0 Å². The Bertz CT molecular complexity index is 677. The topological polar surface area (TPSA) is 62.6 Å². The fourth-order valence-corrected chi connectivity index (χ4v) is 2.16. The molecule has 0 unspecified atom stereocenters. The van der Waals surface area contributed by atoms with E-state index in [0.29, 0.717) is 24.5 Å². The SMILES string of the molecule is C=CCN(Cc1ccco1)C(=O)CC(=O)Nc1ccccc1C. The Kier molecular flexibility index (Phi) is 5.74. The molecule has 0 saturated carbocycles. The number of nitrogens with zero attached hydrogens (tertiary/aromatic N) is 1. The van der Waals surface area contributed by atoms with E-state index in [0.717, 1.165) is 5.56 Å². The van der Waals surface area contributed by atoms with Crippen LogP contribution in [0.1, 0.15) is 17.7 Å². The molecule has 0 saturated heterocycles. The molecule has 1 N–H and O–H groups in total. The van der Waals surface area contributed by atoms with E-state index in [1.165, 1.54) is 4.90 Å². The summed E-state index contributed by atoms with van der Waals surface area (Å²) >= 11 is 0. The summed E-state index contributed by atoms with van der Waals surface area (Å²) in [5.74, 6) is 0.0599. The fourth-order valence-electron chi connectivity index (χ4n) is 2.16. The normalized spacial score (nSPS) is 10.1. The molecule has 0 radical (unpaired) electrons. The largest absolute Gasteiger partial charge is 0.467 e. The summed E-state index contributed by atoms with van der Waals surface area (Å²) < 4.78 is 5.25. The maximum atomic E-state index is 12.3. The molecule has 1 aromatic carbocycles. The number of anilines is 1. The number of amides is 2. The Morgan fingerprint density at radius 2 is 2.04 bits per heavy atom. The van der Waals surface area contributed by atoms with Crippen molar-refractivity contribution >= 4 is 17.5 Å². The summed E-state index contributed by atoms with van der Waals surface area (Å²) in [6.45, 7) is 6.22. The summed E-state index contributed by atoms with van der Waals surface area (Å²) in [6.07, 6.45) is 2.96. The van der Waals surface area contributed by atoms with Crippen LogP contribution in [0.15, 0.2) is 59.7 Å². The van der Waals surface area contributed by atoms with Crippen molar-refractivity contribution in [2.75, 3.05) is 11.9 Å². The minimum absolute atomic E-state index is 0.219. The van der Waals surface area contributed by atoms with Gasteiger partial charge >= 0.3 is 0 Å². The van der Waals surface area contributed by atoms with Crippen molar-refractivity contribution in [1.82, 2.24) is 4.90 Å². The molecule has 2 aromatic rings. The maximum Gasteiger partial charge on any atom is 0.233 e. The van der Waals surface area contributed by atoms with Gasteiger partial charge in [0.05, 0.1) is 12.8 Å². The zero-order valence-electron chi connectivity index (χ0n) is 13.1. The Hall–Kier alpha value is -2.82. The number of hydrogen-bond donors (Lipinski definition) is 1. The van der Waals surface area contributed by atoms with Gasteiger partial charge in [-0.1, -0.05) is 24.3 Å². The summed E-state index contributed by atoms with van der Waals surface area (Å²) in [6, 6.07) is 11.0. The average Bonchev–Trinajstić information content (AvgIpc) is 3.02. The van der Waals surface area contributed by atoms with E-state index in [1.54, 1.807) is 24.5 Å². The highest BCUT2D eigenvalue weighted by Gasteiger charge is 2.18. The van der Waals surface area contributed by atoms with Gasteiger partial charge in [0.1, 0.15) is 12.2 Å². The molecular formula is C18H20N2O3. The molecule has 0 fully saturated rings. The number of carbonyl (C=O) groups excluding carboxylic acids is 2. The monoisotopic (exact) mass is 312 g/mol. The second-order valence-corrected chi connectivity index (χ2v) is 5.18. The van der Waals surface area contributed by atoms with Gasteiger partial charge in [0.2, 0.25) is 11.8 Å². The predicted octanol–water partition coefficient (Wildman–Crippen LogP) is 3.13. The van der Waals surface area contributed by atoms with Gasteiger partial charge in [-0.25, -0.2) is 0 Å². The number of furan rings is 1. The molecule has 0 aliphatic heterocycles. The molecule has 23 heavy (non-hydrogen) atoms. The molecule has 1 heterocycles. The first-order valence-electron chi connectivity index (χ1n) is 7.36. The lowest BCUT2D eigenvalue weighted by atomic mass is 10.2. The number of aryl methyl sites for hydroxylation is 1. The number of carbonyl (C=O) groups is 2. The van der Waals surface area contributed by atoms with E-state index in [2.05, 4.69) is 11.9 Å². The van der Waals surface area contributed by atoms with E-state index in [9.17, 15) is 9.59 Å². The molecule has 0 bridgehead atoms. The summed E-state index contributed by atoms with van der Waals surface area (Å²) in [4.78, 5) is 25.9. The highest BCUT2D eigenvalue weighted by atomic mass is 16.3. The molecule has 0 aliphatic carbocycles. The third-order valence-electron chi connectivity index (χ3n) is 3.36. The fraction of sp³-hybridized carbons (Fsp3) is 0.222. The van der Waals surface area contributed by atoms with E-state index in [1.807, 2.05) is 31.2 Å². The van der Waals surface area contributed by atoms with E-state index in [-0.39, 0.29) is 18.2 Å². The molecule has 0 spiro atoms. The number of rotatable bonds is 7. The van der Waals surface area contributed by atoms with Crippen molar-refractivity contribution in [3.63, 3.8) is 0 Å². The Morgan fingerprint density at radius 3 is 2.70 bits per heavy atom. The van der Waals surface area contributed by atoms with Crippen molar-refractivity contribution in [3.8, 4) is 0 Å². The number of nitrogens with one attached hydrogen (secondary N) is 1. The van der Waals surface area contributed by atoms with Crippen LogP contribution in [0.2, 0.25) is 0 Å². The minimum atomic E-state index is -0.335. The van der Waals surface area contributed by atoms with Gasteiger partial charge in [-0.2, -0.15) is 0 Å². The van der Waals surface area contributed by atoms with Crippen LogP contribution in [-0.4, -0.2) is 23.3 Å². The van der Waals surface area contributed by atoms with E-state index < -0.39 is 0 Å². The lowest BCUT2D eigenvalue weighted by Crippen LogP contribution is -2.33. The standard InChI is InChI=1S/C18H20N2O3/c1-3-10-20(13-15-8-6-11-23-15)18(22)12-17(21)19-16-9-5-4-7-14(16)2/h3-9,11H,1,10,12-13H2,2H3,(H,19,21). The first kappa shape index (κ1) is 16.5. The molecule has 2 amide bonds. The van der Waals surface area contributed by atoms with Gasteiger partial charge in [0, 0.05) is 12.2 Å². The summed E-state index contributed by atoms with van der Waals surface area (Å²) in [7, 11) is 0. The van der Waals surface area contributed by atoms with Crippen molar-refractivity contribution < 1.29 is 14.0 Å². The Morgan fingerprint density at radius 1 is 1.26 bits per heavy atom. The Balaban J connectivity index is 1.96. The predicted molar refractivity (Wildman–Crippen MR) is 88.7 cm³/mol. The van der Waals surface area contributed by atoms with Crippen LogP contribution in [0.4, 0.5) is 5.69 Å². The third-order valence-corrected chi connectivity index (χ3v) is 3.36. The van der Waals surface area contributed by atoms with Crippen LogP contribution in [0.3, 0.4) is 0 Å². The number of benzene rings is 1. The lowest BCUT2D eigenvalue weighted by molar-refractivity contribution is -0.134. The maximum absolute atomic E-state index is 12.3. The smallest absolute Gasteiger partial charge is 0.233 e. The summed E-state index contributed by atoms with van der Waals surface area (Å²) in [5, 5.41) is 2.76. The average molecular weight is 312 g/mol. The molecule has 0 aliphatic rings. The molecule has 120 valence electrons. The Labute approximate surface area is 135 Å². The van der Waals surface area contributed by atoms with Gasteiger partial charge in [-0.15, -0.1) is 6.58 Å². The van der Waals surface area contributed by atoms with Crippen LogP contribution in [-0.2, 0) is 16.1 Å². The number of para-hydroxylation sites is 1. The van der Waals surface area contributed by atoms with Gasteiger partial charge in [-0.05, 0) is 30.7 Å². The molecule has 2 rings (SSSR count). The highest BCUT2D eigenvalue weighted by molar-refractivity contribution is 6.03. The molecule has 5 heteroatoms. The van der Waals surface area contributed by atoms with Crippen LogP contribution in [0.5, 0.6) is 0 Å². The van der Waals surface area contributed by atoms with Crippen LogP contribution < -0.4 is 5.32 Å². The zero-order chi connectivity index (χ0) is 16.7. The molecule has 1 aromatic heterocycles. The van der Waals surface area contributed by atoms with Crippen molar-refractivity contribution in [2.24, 2.45) is 0 Å².